The molecule has 5 aromatic rings. The third kappa shape index (κ3) is 4.98. The van der Waals surface area contributed by atoms with Crippen molar-refractivity contribution in [3.63, 3.8) is 0 Å². The molecule has 0 radical (unpaired) electrons. The van der Waals surface area contributed by atoms with E-state index in [1.165, 1.54) is 7.11 Å². The van der Waals surface area contributed by atoms with Crippen molar-refractivity contribution >= 4 is 23.3 Å². The number of benzene rings is 1. The Morgan fingerprint density at radius 1 is 1.20 bits per heavy atom. The molecule has 14 heteroatoms. The number of amides is 2. The van der Waals surface area contributed by atoms with Gasteiger partial charge in [-0.15, -0.1) is 10.2 Å². The highest BCUT2D eigenvalue weighted by molar-refractivity contribution is 6.04. The summed E-state index contributed by atoms with van der Waals surface area (Å²) in [6.07, 6.45) is 5.45. The fourth-order valence-corrected chi connectivity index (χ4v) is 4.59. The molecule has 0 aliphatic carbocycles. The van der Waals surface area contributed by atoms with Gasteiger partial charge in [0.15, 0.2) is 5.82 Å². The van der Waals surface area contributed by atoms with Crippen molar-refractivity contribution in [1.82, 2.24) is 45.0 Å². The summed E-state index contributed by atoms with van der Waals surface area (Å²) in [5.41, 5.74) is 4.36. The fraction of sp³-hybridized carbons (Fsp3) is 0.308. The number of fused-ring (bicyclic) bond motifs is 1. The van der Waals surface area contributed by atoms with E-state index in [1.54, 1.807) is 15.5 Å². The number of carbonyl (C=O) groups is 2. The number of nitrogens with zero attached hydrogens (tertiary/aromatic N) is 8. The molecule has 1 aliphatic rings. The average Bonchev–Trinajstić information content (AvgIpc) is 3.70. The summed E-state index contributed by atoms with van der Waals surface area (Å²) in [5, 5.41) is 21.1. The van der Waals surface area contributed by atoms with E-state index >= 15 is 0 Å². The number of likely N-dealkylation sites (tertiary alicyclic amines) is 1. The highest BCUT2D eigenvalue weighted by Crippen LogP contribution is 2.29. The van der Waals surface area contributed by atoms with Gasteiger partial charge in [0.25, 0.3) is 5.91 Å². The maximum absolute atomic E-state index is 13.3. The van der Waals surface area contributed by atoms with Crippen LogP contribution in [0.5, 0.6) is 0 Å². The Hall–Kier alpha value is -5.14. The Labute approximate surface area is 227 Å². The quantitative estimate of drug-likeness (QED) is 0.297. The molecule has 1 aromatic carbocycles. The van der Waals surface area contributed by atoms with Gasteiger partial charge in [-0.3, -0.25) is 9.20 Å². The number of ether oxygens (including phenoxy) is 1. The largest absolute Gasteiger partial charge is 0.453 e. The number of tetrazole rings is 1. The van der Waals surface area contributed by atoms with Gasteiger partial charge in [0.2, 0.25) is 11.7 Å². The highest BCUT2D eigenvalue weighted by atomic mass is 16.5. The number of aryl methyl sites for hydroxylation is 3. The Kier molecular flexibility index (Phi) is 6.64. The number of hydrogen-bond donors (Lipinski definition) is 2. The van der Waals surface area contributed by atoms with E-state index in [1.807, 2.05) is 43.5 Å². The van der Waals surface area contributed by atoms with E-state index in [9.17, 15) is 9.59 Å². The van der Waals surface area contributed by atoms with Crippen molar-refractivity contribution < 1.29 is 18.8 Å². The number of nitrogens with one attached hydrogen (secondary N) is 2. The number of rotatable bonds is 8. The van der Waals surface area contributed by atoms with E-state index in [-0.39, 0.29) is 17.9 Å². The Morgan fingerprint density at radius 3 is 2.88 bits per heavy atom. The second kappa shape index (κ2) is 10.6. The second-order valence-electron chi connectivity index (χ2n) is 9.60. The van der Waals surface area contributed by atoms with E-state index < -0.39 is 0 Å². The van der Waals surface area contributed by atoms with Crippen LogP contribution in [0.15, 0.2) is 47.2 Å². The number of aromatic amines is 1. The minimum absolute atomic E-state index is 0.0380. The first-order chi connectivity index (χ1) is 19.5. The lowest BCUT2D eigenvalue weighted by Crippen LogP contribution is -2.48. The molecule has 2 amide bonds. The van der Waals surface area contributed by atoms with Gasteiger partial charge in [-0.05, 0) is 43.0 Å². The van der Waals surface area contributed by atoms with Crippen LogP contribution in [-0.2, 0) is 17.6 Å². The highest BCUT2D eigenvalue weighted by Gasteiger charge is 2.36. The van der Waals surface area contributed by atoms with Crippen molar-refractivity contribution in [2.45, 2.75) is 32.1 Å². The summed E-state index contributed by atoms with van der Waals surface area (Å²) < 4.78 is 12.0. The Morgan fingerprint density at radius 2 is 2.08 bits per heavy atom. The summed E-state index contributed by atoms with van der Waals surface area (Å²) in [4.78, 5) is 35.4. The summed E-state index contributed by atoms with van der Waals surface area (Å²) in [7, 11) is 1.35. The molecule has 5 heterocycles. The standard InChI is InChI=1S/C26H26N10O4/c1-15-6-8-17(23-29-25(40-32-23)18-13-35(14-18)26(38)39-2)10-19(15)28-24(37)20-11-27-22-9-7-16(12-36(20)22)4-3-5-21-30-33-34-31-21/h6-12,18H,3-5,13-14H2,1-2H3,(H,28,37)(H,30,31,33,34). The van der Waals surface area contributed by atoms with Crippen LogP contribution >= 0.6 is 0 Å². The number of hydrogen-bond acceptors (Lipinski definition) is 10. The van der Waals surface area contributed by atoms with Gasteiger partial charge in [0.05, 0.1) is 19.2 Å². The molecular formula is C26H26N10O4. The molecule has 6 rings (SSSR count). The molecule has 1 aliphatic heterocycles. The smallest absolute Gasteiger partial charge is 0.409 e. The lowest BCUT2D eigenvalue weighted by Gasteiger charge is -2.35. The number of imidazole rings is 1. The SMILES string of the molecule is COC(=O)N1CC(c2nc(-c3ccc(C)c(NC(=O)c4cnc5ccc(CCCc6nn[nH]n6)cn45)c3)no2)C1. The third-order valence-corrected chi connectivity index (χ3v) is 6.90. The Bertz CT molecular complexity index is 1670. The van der Waals surface area contributed by atoms with Crippen molar-refractivity contribution in [1.29, 1.82) is 0 Å². The molecule has 1 saturated heterocycles. The molecule has 0 saturated carbocycles. The van der Waals surface area contributed by atoms with Crippen molar-refractivity contribution in [3.05, 3.63) is 71.3 Å². The van der Waals surface area contributed by atoms with Crippen LogP contribution in [0.25, 0.3) is 17.0 Å². The Balaban J connectivity index is 1.15. The van der Waals surface area contributed by atoms with Crippen molar-refractivity contribution in [2.75, 3.05) is 25.5 Å². The number of H-pyrrole nitrogens is 1. The fourth-order valence-electron chi connectivity index (χ4n) is 4.59. The van der Waals surface area contributed by atoms with Crippen LogP contribution < -0.4 is 5.32 Å². The van der Waals surface area contributed by atoms with Gasteiger partial charge >= 0.3 is 6.09 Å². The maximum atomic E-state index is 13.3. The number of anilines is 1. The van der Waals surface area contributed by atoms with Crippen molar-refractivity contribution in [2.24, 2.45) is 0 Å². The maximum Gasteiger partial charge on any atom is 0.409 e. The molecule has 0 bridgehead atoms. The molecule has 0 atom stereocenters. The molecule has 4 aromatic heterocycles. The molecule has 40 heavy (non-hydrogen) atoms. The zero-order chi connectivity index (χ0) is 27.6. The lowest BCUT2D eigenvalue weighted by atomic mass is 10.0. The lowest BCUT2D eigenvalue weighted by molar-refractivity contribution is 0.0804. The molecule has 0 unspecified atom stereocenters. The van der Waals surface area contributed by atoms with Crippen molar-refractivity contribution in [3.8, 4) is 11.4 Å². The molecule has 204 valence electrons. The number of carbonyl (C=O) groups excluding carboxylic acids is 2. The third-order valence-electron chi connectivity index (χ3n) is 6.90. The van der Waals surface area contributed by atoms with Gasteiger partial charge in [0, 0.05) is 37.0 Å². The molecule has 14 nitrogen and oxygen atoms in total. The zero-order valence-electron chi connectivity index (χ0n) is 21.9. The van der Waals surface area contributed by atoms with Crippen LogP contribution in [0.2, 0.25) is 0 Å². The van der Waals surface area contributed by atoms with Crippen LogP contribution in [0.1, 0.15) is 45.7 Å². The number of aromatic nitrogens is 8. The second-order valence-corrected chi connectivity index (χ2v) is 9.60. The van der Waals surface area contributed by atoms with E-state index in [2.05, 4.69) is 41.1 Å². The van der Waals surface area contributed by atoms with Crippen LogP contribution in [0.4, 0.5) is 10.5 Å². The van der Waals surface area contributed by atoms with E-state index in [4.69, 9.17) is 9.26 Å². The van der Waals surface area contributed by atoms with Gasteiger partial charge < -0.3 is 19.5 Å². The predicted molar refractivity (Wildman–Crippen MR) is 141 cm³/mol. The first-order valence-corrected chi connectivity index (χ1v) is 12.8. The molecule has 2 N–H and O–H groups in total. The molecule has 0 spiro atoms. The summed E-state index contributed by atoms with van der Waals surface area (Å²) in [6.45, 7) is 2.83. The average molecular weight is 543 g/mol. The monoisotopic (exact) mass is 542 g/mol. The minimum Gasteiger partial charge on any atom is -0.453 e. The van der Waals surface area contributed by atoms with Gasteiger partial charge in [-0.1, -0.05) is 28.6 Å². The first kappa shape index (κ1) is 25.2. The normalized spacial score (nSPS) is 13.4. The summed E-state index contributed by atoms with van der Waals surface area (Å²) in [6, 6.07) is 9.47. The van der Waals surface area contributed by atoms with E-state index in [0.717, 1.165) is 24.0 Å². The van der Waals surface area contributed by atoms with Gasteiger partial charge in [-0.25, -0.2) is 9.78 Å². The van der Waals surface area contributed by atoms with E-state index in [0.29, 0.717) is 59.6 Å². The van der Waals surface area contributed by atoms with Gasteiger partial charge in [0.1, 0.15) is 11.3 Å². The van der Waals surface area contributed by atoms with Crippen LogP contribution in [0, 0.1) is 6.92 Å². The first-order valence-electron chi connectivity index (χ1n) is 12.8. The summed E-state index contributed by atoms with van der Waals surface area (Å²) >= 11 is 0. The van der Waals surface area contributed by atoms with Crippen LogP contribution in [-0.4, -0.2) is 77.2 Å². The zero-order valence-corrected chi connectivity index (χ0v) is 21.9. The number of pyridine rings is 1. The van der Waals surface area contributed by atoms with Crippen LogP contribution in [0.3, 0.4) is 0 Å². The minimum atomic E-state index is -0.377. The number of methoxy groups -OCH3 is 1. The molecular weight excluding hydrogens is 516 g/mol. The predicted octanol–water partition coefficient (Wildman–Crippen LogP) is 2.80. The van der Waals surface area contributed by atoms with Gasteiger partial charge in [-0.2, -0.15) is 10.2 Å². The topological polar surface area (TPSA) is 169 Å². The molecule has 1 fully saturated rings. The summed E-state index contributed by atoms with van der Waals surface area (Å²) in [5.74, 6) is 1.21.